The van der Waals surface area contributed by atoms with E-state index in [-0.39, 0.29) is 0 Å². The van der Waals surface area contributed by atoms with Crippen LogP contribution in [-0.2, 0) is 0 Å². The maximum atomic E-state index is 3.86. The second-order valence-corrected chi connectivity index (χ2v) is 7.41. The summed E-state index contributed by atoms with van der Waals surface area (Å²) in [5.41, 5.74) is 0.807. The Morgan fingerprint density at radius 1 is 1.24 bits per heavy atom. The second kappa shape index (κ2) is 5.50. The molecule has 0 amide bonds. The van der Waals surface area contributed by atoms with Crippen molar-refractivity contribution in [2.75, 3.05) is 31.6 Å². The van der Waals surface area contributed by atoms with Crippen molar-refractivity contribution < 1.29 is 0 Å². The zero-order valence-electron chi connectivity index (χ0n) is 11.7. The molecule has 100 valence electrons. The van der Waals surface area contributed by atoms with Crippen LogP contribution in [0.15, 0.2) is 0 Å². The predicted molar refractivity (Wildman–Crippen MR) is 77.9 cm³/mol. The van der Waals surface area contributed by atoms with Gasteiger partial charge in [0.1, 0.15) is 0 Å². The molecular formula is C14H28N2S. The Hall–Kier alpha value is 0.270. The monoisotopic (exact) mass is 256 g/mol. The van der Waals surface area contributed by atoms with Crippen molar-refractivity contribution in [3.8, 4) is 0 Å². The highest BCUT2D eigenvalue weighted by atomic mass is 32.2. The number of nitrogens with one attached hydrogen (secondary N) is 1. The molecule has 0 atom stereocenters. The minimum atomic E-state index is 0.340. The van der Waals surface area contributed by atoms with Gasteiger partial charge < -0.3 is 5.32 Å². The van der Waals surface area contributed by atoms with Gasteiger partial charge in [-0.15, -0.1) is 0 Å². The molecule has 0 aromatic carbocycles. The number of hydrogen-bond acceptors (Lipinski definition) is 3. The van der Waals surface area contributed by atoms with E-state index in [1.165, 1.54) is 50.9 Å². The molecule has 2 aliphatic rings. The fourth-order valence-corrected chi connectivity index (χ4v) is 3.74. The predicted octanol–water partition coefficient (Wildman–Crippen LogP) is 2.74. The third-order valence-electron chi connectivity index (χ3n) is 4.58. The first kappa shape index (κ1) is 13.7. The molecule has 1 aliphatic carbocycles. The van der Waals surface area contributed by atoms with Gasteiger partial charge in [0.05, 0.1) is 0 Å². The molecule has 0 radical (unpaired) electrons. The molecule has 1 heterocycles. The summed E-state index contributed by atoms with van der Waals surface area (Å²) in [6.45, 7) is 8.49. The molecule has 0 aromatic heterocycles. The van der Waals surface area contributed by atoms with E-state index in [1.807, 2.05) is 11.8 Å². The molecular weight excluding hydrogens is 228 g/mol. The lowest BCUT2D eigenvalue weighted by Crippen LogP contribution is -2.67. The van der Waals surface area contributed by atoms with Crippen molar-refractivity contribution in [1.82, 2.24) is 10.2 Å². The average molecular weight is 256 g/mol. The van der Waals surface area contributed by atoms with Crippen molar-refractivity contribution >= 4 is 11.8 Å². The molecule has 2 fully saturated rings. The summed E-state index contributed by atoms with van der Waals surface area (Å²) in [7, 11) is 0. The summed E-state index contributed by atoms with van der Waals surface area (Å²) in [5.74, 6) is 1.30. The molecule has 2 rings (SSSR count). The first-order valence-electron chi connectivity index (χ1n) is 7.07. The zero-order valence-corrected chi connectivity index (χ0v) is 12.5. The Labute approximate surface area is 111 Å². The van der Waals surface area contributed by atoms with Crippen LogP contribution < -0.4 is 5.32 Å². The van der Waals surface area contributed by atoms with Crippen LogP contribution in [0.2, 0.25) is 0 Å². The van der Waals surface area contributed by atoms with E-state index in [0.717, 1.165) is 6.54 Å². The minimum absolute atomic E-state index is 0.340. The SMILES string of the molecule is CSCCCN1CC2(CCCC2)NCC1(C)C. The molecule has 0 aromatic rings. The van der Waals surface area contributed by atoms with Crippen LogP contribution in [0.3, 0.4) is 0 Å². The standard InChI is InChI=1S/C14H28N2S/c1-13(2)11-15-14(7-4-5-8-14)12-16(13)9-6-10-17-3/h15H,4-12H2,1-3H3. The van der Waals surface area contributed by atoms with Gasteiger partial charge in [0.15, 0.2) is 0 Å². The summed E-state index contributed by atoms with van der Waals surface area (Å²) in [6.07, 6.45) is 9.17. The van der Waals surface area contributed by atoms with Gasteiger partial charge in [0.25, 0.3) is 0 Å². The summed E-state index contributed by atoms with van der Waals surface area (Å²) in [5, 5.41) is 3.86. The summed E-state index contributed by atoms with van der Waals surface area (Å²) < 4.78 is 0. The van der Waals surface area contributed by atoms with E-state index >= 15 is 0 Å². The smallest absolute Gasteiger partial charge is 0.0309 e. The van der Waals surface area contributed by atoms with Crippen molar-refractivity contribution in [3.05, 3.63) is 0 Å². The highest BCUT2D eigenvalue weighted by molar-refractivity contribution is 7.98. The fourth-order valence-electron chi connectivity index (χ4n) is 3.32. The highest BCUT2D eigenvalue weighted by Crippen LogP contribution is 2.35. The Balaban J connectivity index is 1.94. The average Bonchev–Trinajstić information content (AvgIpc) is 2.73. The van der Waals surface area contributed by atoms with Gasteiger partial charge in [-0.1, -0.05) is 12.8 Å². The van der Waals surface area contributed by atoms with Crippen LogP contribution in [0.1, 0.15) is 46.0 Å². The van der Waals surface area contributed by atoms with Gasteiger partial charge in [0, 0.05) is 24.2 Å². The Morgan fingerprint density at radius 3 is 2.59 bits per heavy atom. The van der Waals surface area contributed by atoms with Crippen LogP contribution >= 0.6 is 11.8 Å². The van der Waals surface area contributed by atoms with E-state index in [2.05, 4.69) is 30.3 Å². The normalized spacial score (nSPS) is 27.7. The summed E-state index contributed by atoms with van der Waals surface area (Å²) in [6, 6.07) is 0. The van der Waals surface area contributed by atoms with Crippen LogP contribution in [0.5, 0.6) is 0 Å². The lowest BCUT2D eigenvalue weighted by molar-refractivity contribution is 0.0288. The lowest BCUT2D eigenvalue weighted by Gasteiger charge is -2.51. The van der Waals surface area contributed by atoms with E-state index in [0.29, 0.717) is 11.1 Å². The molecule has 1 saturated carbocycles. The summed E-state index contributed by atoms with van der Waals surface area (Å²) >= 11 is 1.97. The molecule has 1 N–H and O–H groups in total. The number of nitrogens with zero attached hydrogens (tertiary/aromatic N) is 1. The molecule has 1 spiro atoms. The van der Waals surface area contributed by atoms with Gasteiger partial charge in [-0.25, -0.2) is 0 Å². The molecule has 0 bridgehead atoms. The second-order valence-electron chi connectivity index (χ2n) is 6.42. The molecule has 0 unspecified atom stereocenters. The summed E-state index contributed by atoms with van der Waals surface area (Å²) in [4.78, 5) is 2.74. The highest BCUT2D eigenvalue weighted by Gasteiger charge is 2.43. The van der Waals surface area contributed by atoms with Gasteiger partial charge in [0.2, 0.25) is 0 Å². The number of piperazine rings is 1. The maximum Gasteiger partial charge on any atom is 0.0309 e. The molecule has 2 nitrogen and oxygen atoms in total. The first-order valence-corrected chi connectivity index (χ1v) is 8.46. The zero-order chi connectivity index (χ0) is 12.4. The largest absolute Gasteiger partial charge is 0.308 e. The quantitative estimate of drug-likeness (QED) is 0.779. The van der Waals surface area contributed by atoms with Gasteiger partial charge in [-0.3, -0.25) is 4.90 Å². The van der Waals surface area contributed by atoms with Crippen molar-refractivity contribution in [2.24, 2.45) is 0 Å². The third kappa shape index (κ3) is 3.18. The van der Waals surface area contributed by atoms with Gasteiger partial charge >= 0.3 is 0 Å². The molecule has 3 heteroatoms. The van der Waals surface area contributed by atoms with E-state index in [9.17, 15) is 0 Å². The Morgan fingerprint density at radius 2 is 1.94 bits per heavy atom. The maximum absolute atomic E-state index is 3.86. The van der Waals surface area contributed by atoms with E-state index in [4.69, 9.17) is 0 Å². The van der Waals surface area contributed by atoms with Crippen LogP contribution in [0.25, 0.3) is 0 Å². The Bertz CT molecular complexity index is 247. The van der Waals surface area contributed by atoms with Crippen molar-refractivity contribution in [3.63, 3.8) is 0 Å². The van der Waals surface area contributed by atoms with Gasteiger partial charge in [-0.05, 0) is 51.7 Å². The molecule has 1 saturated heterocycles. The number of thioether (sulfide) groups is 1. The van der Waals surface area contributed by atoms with Crippen LogP contribution in [0.4, 0.5) is 0 Å². The number of rotatable bonds is 4. The van der Waals surface area contributed by atoms with E-state index < -0.39 is 0 Å². The van der Waals surface area contributed by atoms with E-state index in [1.54, 1.807) is 0 Å². The lowest BCUT2D eigenvalue weighted by atomic mass is 9.87. The van der Waals surface area contributed by atoms with Crippen molar-refractivity contribution in [1.29, 1.82) is 0 Å². The van der Waals surface area contributed by atoms with Gasteiger partial charge in [-0.2, -0.15) is 11.8 Å². The molecule has 1 aliphatic heterocycles. The molecule has 17 heavy (non-hydrogen) atoms. The topological polar surface area (TPSA) is 15.3 Å². The van der Waals surface area contributed by atoms with Crippen LogP contribution in [0, 0.1) is 0 Å². The third-order valence-corrected chi connectivity index (χ3v) is 5.28. The number of hydrogen-bond donors (Lipinski definition) is 1. The first-order chi connectivity index (χ1) is 8.08. The Kier molecular flexibility index (Phi) is 4.43. The van der Waals surface area contributed by atoms with Crippen LogP contribution in [-0.4, -0.2) is 47.6 Å². The van der Waals surface area contributed by atoms with Crippen molar-refractivity contribution in [2.45, 2.75) is 57.0 Å². The fraction of sp³-hybridized carbons (Fsp3) is 1.00. The minimum Gasteiger partial charge on any atom is -0.308 e.